The van der Waals surface area contributed by atoms with E-state index in [0.29, 0.717) is 29.5 Å². The summed E-state index contributed by atoms with van der Waals surface area (Å²) in [6, 6.07) is 11.8. The van der Waals surface area contributed by atoms with Crippen LogP contribution in [0.4, 0.5) is 13.2 Å². The molecule has 0 aromatic heterocycles. The van der Waals surface area contributed by atoms with Gasteiger partial charge >= 0.3 is 24.1 Å². The van der Waals surface area contributed by atoms with Gasteiger partial charge < -0.3 is 39.4 Å². The molecule has 1 aliphatic carbocycles. The lowest BCUT2D eigenvalue weighted by Gasteiger charge is -2.31. The molecule has 16 heteroatoms. The quantitative estimate of drug-likeness (QED) is 0.0455. The number of esters is 3. The first kappa shape index (κ1) is 50.6. The Morgan fingerprint density at radius 3 is 2.22 bits per heavy atom. The van der Waals surface area contributed by atoms with Gasteiger partial charge in [0.1, 0.15) is 23.9 Å². The highest BCUT2D eigenvalue weighted by molar-refractivity contribution is 5.95. The second-order valence-corrected chi connectivity index (χ2v) is 16.9. The number of alkyl halides is 3. The molecule has 1 heterocycles. The fourth-order valence-corrected chi connectivity index (χ4v) is 7.18. The highest BCUT2D eigenvalue weighted by Crippen LogP contribution is 2.43. The first-order chi connectivity index (χ1) is 29.8. The van der Waals surface area contributed by atoms with Gasteiger partial charge in [-0.3, -0.25) is 14.4 Å². The van der Waals surface area contributed by atoms with E-state index in [4.69, 9.17) is 18.9 Å². The Bertz CT molecular complexity index is 1910. The number of carbonyl (C=O) groups is 5. The average Bonchev–Trinajstić information content (AvgIpc) is 3.61. The second-order valence-electron chi connectivity index (χ2n) is 16.9. The minimum Gasteiger partial charge on any atom is -0.460 e. The Hall–Kier alpha value is -5.06. The third-order valence-corrected chi connectivity index (χ3v) is 10.3. The van der Waals surface area contributed by atoms with Crippen molar-refractivity contribution in [1.82, 2.24) is 10.6 Å². The standard InChI is InChI=1S/C47H61F3N2O11/c1-6-8-10-23-46(24-11-9-7-2)61-38-27-35(26-37(41(38)63-46)60-44(58)33-18-15-31(16-19-33)17-21-39(54)59-30-47(48,49)50)42(56)51-28-32-13-12-14-34(25-32)43(57)52-36(29-53)20-22-40(55)62-45(3,4)5/h12-19,21,25,27,36-38,41,53H,6-11,20,22-24,26,28-30H2,1-5H3,(H,51,56)(H,52,57)/t36-,37+,38+,41-/m0/s1. The van der Waals surface area contributed by atoms with E-state index in [1.807, 2.05) is 0 Å². The summed E-state index contributed by atoms with van der Waals surface area (Å²) in [4.78, 5) is 64.5. The van der Waals surface area contributed by atoms with Gasteiger partial charge in [-0.15, -0.1) is 0 Å². The third-order valence-electron chi connectivity index (χ3n) is 10.3. The van der Waals surface area contributed by atoms with Crippen molar-refractivity contribution in [2.45, 2.75) is 154 Å². The summed E-state index contributed by atoms with van der Waals surface area (Å²) in [7, 11) is 0. The summed E-state index contributed by atoms with van der Waals surface area (Å²) in [5.74, 6) is -4.16. The molecule has 0 spiro atoms. The highest BCUT2D eigenvalue weighted by atomic mass is 19.4. The number of hydrogen-bond acceptors (Lipinski definition) is 11. The van der Waals surface area contributed by atoms with E-state index >= 15 is 0 Å². The first-order valence-electron chi connectivity index (χ1n) is 21.6. The van der Waals surface area contributed by atoms with Crippen LogP contribution >= 0.6 is 0 Å². The van der Waals surface area contributed by atoms with E-state index in [2.05, 4.69) is 29.2 Å². The molecule has 1 aliphatic heterocycles. The normalized spacial score (nSPS) is 18.8. The van der Waals surface area contributed by atoms with E-state index in [1.165, 1.54) is 30.3 Å². The van der Waals surface area contributed by atoms with Crippen molar-refractivity contribution in [2.24, 2.45) is 0 Å². The number of aliphatic hydroxyl groups is 1. The van der Waals surface area contributed by atoms with Crippen molar-refractivity contribution >= 4 is 35.8 Å². The Balaban J connectivity index is 1.47. The summed E-state index contributed by atoms with van der Waals surface area (Å²) in [5.41, 5.74) is 1.13. The molecular formula is C47H61F3N2O11. The summed E-state index contributed by atoms with van der Waals surface area (Å²) >= 11 is 0. The van der Waals surface area contributed by atoms with Crippen LogP contribution in [0.1, 0.15) is 137 Å². The van der Waals surface area contributed by atoms with Crippen LogP contribution in [0.25, 0.3) is 6.08 Å². The largest absolute Gasteiger partial charge is 0.460 e. The Morgan fingerprint density at radius 2 is 1.60 bits per heavy atom. The number of unbranched alkanes of at least 4 members (excludes halogenated alkanes) is 4. The van der Waals surface area contributed by atoms with Crippen molar-refractivity contribution < 1.29 is 65.9 Å². The van der Waals surface area contributed by atoms with Gasteiger partial charge in [0.05, 0.1) is 18.2 Å². The van der Waals surface area contributed by atoms with Crippen LogP contribution < -0.4 is 10.6 Å². The summed E-state index contributed by atoms with van der Waals surface area (Å²) in [6.45, 7) is 7.43. The number of aliphatic hydroxyl groups excluding tert-OH is 1. The molecule has 2 aromatic carbocycles. The van der Waals surface area contributed by atoms with Crippen molar-refractivity contribution in [3.8, 4) is 0 Å². The Kier molecular flexibility index (Phi) is 18.9. The number of nitrogens with one attached hydrogen (secondary N) is 2. The lowest BCUT2D eigenvalue weighted by molar-refractivity contribution is -0.190. The van der Waals surface area contributed by atoms with Crippen LogP contribution in [0.15, 0.2) is 66.3 Å². The summed E-state index contributed by atoms with van der Waals surface area (Å²) in [6.07, 6.45) is 3.93. The minimum atomic E-state index is -4.65. The van der Waals surface area contributed by atoms with Crippen LogP contribution in [0.3, 0.4) is 0 Å². The molecule has 0 radical (unpaired) electrons. The number of benzene rings is 2. The second kappa shape index (κ2) is 23.6. The fourth-order valence-electron chi connectivity index (χ4n) is 7.18. The molecule has 1 saturated heterocycles. The molecule has 0 saturated carbocycles. The van der Waals surface area contributed by atoms with Gasteiger partial charge in [0, 0.05) is 49.4 Å². The Labute approximate surface area is 367 Å². The van der Waals surface area contributed by atoms with Gasteiger partial charge in [-0.25, -0.2) is 9.59 Å². The predicted octanol–water partition coefficient (Wildman–Crippen LogP) is 7.83. The number of amides is 2. The van der Waals surface area contributed by atoms with Crippen LogP contribution in [0, 0.1) is 0 Å². The van der Waals surface area contributed by atoms with Gasteiger partial charge in [0.25, 0.3) is 5.91 Å². The lowest BCUT2D eigenvalue weighted by Crippen LogP contribution is -2.43. The molecule has 3 N–H and O–H groups in total. The first-order valence-corrected chi connectivity index (χ1v) is 21.6. The molecule has 13 nitrogen and oxygen atoms in total. The maximum atomic E-state index is 13.8. The monoisotopic (exact) mass is 886 g/mol. The van der Waals surface area contributed by atoms with E-state index in [9.17, 15) is 42.3 Å². The molecule has 346 valence electrons. The molecule has 2 aromatic rings. The number of carbonyl (C=O) groups excluding carboxylic acids is 5. The van der Waals surface area contributed by atoms with E-state index in [1.54, 1.807) is 51.1 Å². The maximum Gasteiger partial charge on any atom is 0.422 e. The fraction of sp³-hybridized carbons (Fsp3) is 0.553. The van der Waals surface area contributed by atoms with Crippen LogP contribution in [0.5, 0.6) is 0 Å². The van der Waals surface area contributed by atoms with Crippen molar-refractivity contribution in [1.29, 1.82) is 0 Å². The van der Waals surface area contributed by atoms with E-state index in [0.717, 1.165) is 44.6 Å². The van der Waals surface area contributed by atoms with E-state index < -0.39 is 78.2 Å². The number of fused-ring (bicyclic) bond motifs is 1. The summed E-state index contributed by atoms with van der Waals surface area (Å²) in [5, 5.41) is 15.5. The maximum absolute atomic E-state index is 13.8. The topological polar surface area (TPSA) is 176 Å². The van der Waals surface area contributed by atoms with Crippen LogP contribution in [-0.2, 0) is 44.6 Å². The predicted molar refractivity (Wildman–Crippen MR) is 227 cm³/mol. The highest BCUT2D eigenvalue weighted by Gasteiger charge is 2.52. The van der Waals surface area contributed by atoms with Crippen molar-refractivity contribution in [3.63, 3.8) is 0 Å². The SMILES string of the molecule is CCCCCC1(CCCCC)O[C@@H]2[C@@H](C=C(C(=O)NCc3cccc(C(=O)N[C@H](CO)CCC(=O)OC(C)(C)C)c3)C[C@H]2OC(=O)c2ccc(C=CC(=O)OCC(F)(F)F)cc2)O1. The third kappa shape index (κ3) is 16.9. The molecule has 4 rings (SSSR count). The van der Waals surface area contributed by atoms with Gasteiger partial charge in [-0.1, -0.05) is 63.8 Å². The molecule has 2 amide bonds. The molecule has 4 atom stereocenters. The van der Waals surface area contributed by atoms with Crippen molar-refractivity contribution in [2.75, 3.05) is 13.2 Å². The lowest BCUT2D eigenvalue weighted by atomic mass is 9.91. The number of ether oxygens (including phenoxy) is 5. The molecule has 0 bridgehead atoms. The molecular weight excluding hydrogens is 826 g/mol. The van der Waals surface area contributed by atoms with Crippen molar-refractivity contribution in [3.05, 3.63) is 88.5 Å². The van der Waals surface area contributed by atoms with Crippen LogP contribution in [0.2, 0.25) is 0 Å². The van der Waals surface area contributed by atoms with Gasteiger partial charge in [0.2, 0.25) is 5.91 Å². The number of hydrogen-bond donors (Lipinski definition) is 3. The van der Waals surface area contributed by atoms with Gasteiger partial charge in [0.15, 0.2) is 12.4 Å². The smallest absolute Gasteiger partial charge is 0.422 e. The van der Waals surface area contributed by atoms with Gasteiger partial charge in [-0.05, 0) is 87.6 Å². The Morgan fingerprint density at radius 1 is 0.921 bits per heavy atom. The zero-order valence-corrected chi connectivity index (χ0v) is 36.7. The zero-order chi connectivity index (χ0) is 46.2. The molecule has 2 aliphatic rings. The average molecular weight is 887 g/mol. The zero-order valence-electron chi connectivity index (χ0n) is 36.7. The van der Waals surface area contributed by atoms with Gasteiger partial charge in [-0.2, -0.15) is 13.2 Å². The molecule has 0 unspecified atom stereocenters. The molecule has 63 heavy (non-hydrogen) atoms. The summed E-state index contributed by atoms with van der Waals surface area (Å²) < 4.78 is 66.1. The van der Waals surface area contributed by atoms with E-state index in [-0.39, 0.29) is 43.5 Å². The number of rotatable bonds is 22. The molecule has 1 fully saturated rings. The minimum absolute atomic E-state index is 0.00903. The number of halogens is 3. The van der Waals surface area contributed by atoms with Crippen LogP contribution in [-0.4, -0.2) is 90.0 Å².